The summed E-state index contributed by atoms with van der Waals surface area (Å²) in [5.41, 5.74) is 8.64. The summed E-state index contributed by atoms with van der Waals surface area (Å²) < 4.78 is 0. The molecule has 1 aromatic heterocycles. The van der Waals surface area contributed by atoms with Gasteiger partial charge in [0, 0.05) is 55.3 Å². The summed E-state index contributed by atoms with van der Waals surface area (Å²) in [4.78, 5) is 17.2. The van der Waals surface area contributed by atoms with E-state index in [0.717, 1.165) is 70.4 Å². The number of aromatic nitrogens is 2. The third kappa shape index (κ3) is 6.63. The van der Waals surface area contributed by atoms with E-state index in [-0.39, 0.29) is 12.1 Å². The molecule has 182 valence electrons. The minimum Gasteiger partial charge on any atom is -0.393 e. The lowest BCUT2D eigenvalue weighted by Gasteiger charge is -2.38. The van der Waals surface area contributed by atoms with E-state index in [1.807, 2.05) is 6.07 Å². The number of aliphatic hydroxyl groups is 1. The normalized spacial score (nSPS) is 28.8. The number of halogens is 1. The van der Waals surface area contributed by atoms with E-state index >= 15 is 0 Å². The fraction of sp³-hybridized carbons (Fsp3) is 0.826. The van der Waals surface area contributed by atoms with E-state index in [0.29, 0.717) is 29.7 Å². The molecular formula is C23H37ClN8O. The fourth-order valence-electron chi connectivity index (χ4n) is 5.77. The van der Waals surface area contributed by atoms with Crippen LogP contribution >= 0.6 is 11.6 Å². The van der Waals surface area contributed by atoms with E-state index in [1.54, 1.807) is 0 Å². The Hall–Kier alpha value is -1.80. The van der Waals surface area contributed by atoms with Crippen molar-refractivity contribution in [1.29, 1.82) is 0 Å². The van der Waals surface area contributed by atoms with Gasteiger partial charge in [0.1, 0.15) is 11.0 Å². The molecule has 33 heavy (non-hydrogen) atoms. The van der Waals surface area contributed by atoms with E-state index in [1.165, 1.54) is 25.7 Å². The molecule has 3 aliphatic rings. The van der Waals surface area contributed by atoms with Crippen molar-refractivity contribution < 1.29 is 5.11 Å². The molecule has 0 aromatic carbocycles. The Morgan fingerprint density at radius 2 is 1.85 bits per heavy atom. The van der Waals surface area contributed by atoms with Crippen LogP contribution in [0.15, 0.2) is 11.2 Å². The van der Waals surface area contributed by atoms with Gasteiger partial charge in [-0.2, -0.15) is 4.98 Å². The molecule has 2 N–H and O–H groups in total. The van der Waals surface area contributed by atoms with Gasteiger partial charge in [0.15, 0.2) is 0 Å². The van der Waals surface area contributed by atoms with Crippen molar-refractivity contribution in [3.05, 3.63) is 21.7 Å². The van der Waals surface area contributed by atoms with Gasteiger partial charge in [-0.25, -0.2) is 4.98 Å². The zero-order chi connectivity index (χ0) is 23.0. The molecule has 2 aliphatic heterocycles. The number of hydrogen-bond donors (Lipinski definition) is 2. The molecule has 10 heteroatoms. The predicted octanol–water partition coefficient (Wildman–Crippen LogP) is 4.76. The Morgan fingerprint density at radius 3 is 2.58 bits per heavy atom. The maximum atomic E-state index is 9.95. The molecule has 3 fully saturated rings. The van der Waals surface area contributed by atoms with Gasteiger partial charge in [0.2, 0.25) is 5.95 Å². The number of hydrogen-bond acceptors (Lipinski definition) is 7. The summed E-state index contributed by atoms with van der Waals surface area (Å²) >= 11 is 6.42. The maximum absolute atomic E-state index is 9.95. The molecule has 3 heterocycles. The molecule has 4 rings (SSSR count). The third-order valence-electron chi connectivity index (χ3n) is 7.47. The SMILES string of the molecule is [N-]=[N+]=NCCCC1C(Nc2nc(Cl)cc(N3CCCCCC3)n2)CCN1C1CCC(O)CC1. The molecule has 2 unspecified atom stereocenters. The molecule has 1 aliphatic carbocycles. The monoisotopic (exact) mass is 476 g/mol. The number of aliphatic hydroxyl groups excluding tert-OH is 1. The van der Waals surface area contributed by atoms with E-state index in [9.17, 15) is 5.11 Å². The zero-order valence-electron chi connectivity index (χ0n) is 19.4. The second kappa shape index (κ2) is 12.1. The van der Waals surface area contributed by atoms with Crippen LogP contribution < -0.4 is 10.2 Å². The van der Waals surface area contributed by atoms with Crippen LogP contribution in [0.5, 0.6) is 0 Å². The van der Waals surface area contributed by atoms with Gasteiger partial charge < -0.3 is 15.3 Å². The number of azide groups is 1. The van der Waals surface area contributed by atoms with Crippen LogP contribution in [0.2, 0.25) is 5.15 Å². The average Bonchev–Trinajstić information content (AvgIpc) is 3.01. The summed E-state index contributed by atoms with van der Waals surface area (Å²) in [6.45, 7) is 3.56. The Bertz CT molecular complexity index is 804. The summed E-state index contributed by atoms with van der Waals surface area (Å²) in [6.07, 6.45) is 11.4. The Labute approximate surface area is 201 Å². The van der Waals surface area contributed by atoms with Crippen molar-refractivity contribution in [3.63, 3.8) is 0 Å². The average molecular weight is 477 g/mol. The van der Waals surface area contributed by atoms with Gasteiger partial charge in [-0.15, -0.1) is 0 Å². The van der Waals surface area contributed by atoms with Crippen molar-refractivity contribution in [2.45, 2.75) is 94.9 Å². The molecule has 0 spiro atoms. The first kappa shape index (κ1) is 24.3. The van der Waals surface area contributed by atoms with Crippen LogP contribution in [0, 0.1) is 0 Å². The van der Waals surface area contributed by atoms with E-state index in [4.69, 9.17) is 22.1 Å². The van der Waals surface area contributed by atoms with Crippen LogP contribution in [-0.4, -0.2) is 70.4 Å². The highest BCUT2D eigenvalue weighted by Gasteiger charge is 2.39. The molecule has 2 atom stereocenters. The smallest absolute Gasteiger partial charge is 0.226 e. The number of nitrogens with one attached hydrogen (secondary N) is 1. The Morgan fingerprint density at radius 1 is 1.09 bits per heavy atom. The van der Waals surface area contributed by atoms with Gasteiger partial charge in [-0.1, -0.05) is 29.6 Å². The first-order valence-corrected chi connectivity index (χ1v) is 13.0. The Kier molecular flexibility index (Phi) is 8.89. The van der Waals surface area contributed by atoms with Crippen LogP contribution in [-0.2, 0) is 0 Å². The number of likely N-dealkylation sites (tertiary alicyclic amines) is 1. The van der Waals surface area contributed by atoms with Gasteiger partial charge >= 0.3 is 0 Å². The van der Waals surface area contributed by atoms with Gasteiger partial charge in [-0.3, -0.25) is 4.90 Å². The van der Waals surface area contributed by atoms with Crippen molar-refractivity contribution in [3.8, 4) is 0 Å². The second-order valence-electron chi connectivity index (χ2n) is 9.68. The molecule has 9 nitrogen and oxygen atoms in total. The van der Waals surface area contributed by atoms with Crippen molar-refractivity contribution in [2.24, 2.45) is 5.11 Å². The largest absolute Gasteiger partial charge is 0.393 e. The first-order chi connectivity index (χ1) is 16.1. The fourth-order valence-corrected chi connectivity index (χ4v) is 5.95. The summed E-state index contributed by atoms with van der Waals surface area (Å²) in [5, 5.41) is 17.8. The summed E-state index contributed by atoms with van der Waals surface area (Å²) in [6, 6.07) is 2.92. The standard InChI is InChI=1S/C23H37ClN8O/c24-21-16-22(31-13-3-1-2-4-14-31)29-23(28-21)27-19-11-15-32(17-7-9-18(33)10-8-17)20(19)6-5-12-26-30-25/h16-20,33H,1-15H2,(H,27,28,29). The molecule has 0 radical (unpaired) electrons. The highest BCUT2D eigenvalue weighted by Crippen LogP contribution is 2.33. The van der Waals surface area contributed by atoms with Crippen LogP contribution in [0.1, 0.15) is 70.6 Å². The van der Waals surface area contributed by atoms with Crippen molar-refractivity contribution in [1.82, 2.24) is 14.9 Å². The highest BCUT2D eigenvalue weighted by atomic mass is 35.5. The molecule has 2 saturated heterocycles. The maximum Gasteiger partial charge on any atom is 0.226 e. The lowest BCUT2D eigenvalue weighted by Crippen LogP contribution is -2.46. The minimum absolute atomic E-state index is 0.154. The lowest BCUT2D eigenvalue weighted by atomic mass is 9.91. The number of anilines is 2. The van der Waals surface area contributed by atoms with Crippen molar-refractivity contribution in [2.75, 3.05) is 36.4 Å². The lowest BCUT2D eigenvalue weighted by molar-refractivity contribution is 0.0651. The van der Waals surface area contributed by atoms with Crippen LogP contribution in [0.4, 0.5) is 11.8 Å². The van der Waals surface area contributed by atoms with Crippen LogP contribution in [0.3, 0.4) is 0 Å². The second-order valence-corrected chi connectivity index (χ2v) is 10.1. The zero-order valence-corrected chi connectivity index (χ0v) is 20.2. The van der Waals surface area contributed by atoms with Crippen LogP contribution in [0.25, 0.3) is 10.4 Å². The van der Waals surface area contributed by atoms with Gasteiger partial charge in [-0.05, 0) is 63.3 Å². The Balaban J connectivity index is 1.47. The van der Waals surface area contributed by atoms with Crippen molar-refractivity contribution >= 4 is 23.4 Å². The summed E-state index contributed by atoms with van der Waals surface area (Å²) in [7, 11) is 0. The molecular weight excluding hydrogens is 440 g/mol. The molecule has 0 amide bonds. The molecule has 1 aromatic rings. The topological polar surface area (TPSA) is 113 Å². The number of rotatable bonds is 8. The first-order valence-electron chi connectivity index (χ1n) is 12.6. The van der Waals surface area contributed by atoms with E-state index < -0.39 is 0 Å². The molecule has 1 saturated carbocycles. The predicted molar refractivity (Wildman–Crippen MR) is 132 cm³/mol. The quantitative estimate of drug-likeness (QED) is 0.184. The number of nitrogens with zero attached hydrogens (tertiary/aromatic N) is 7. The van der Waals surface area contributed by atoms with Gasteiger partial charge in [0.05, 0.1) is 6.10 Å². The third-order valence-corrected chi connectivity index (χ3v) is 7.66. The summed E-state index contributed by atoms with van der Waals surface area (Å²) in [5.74, 6) is 1.52. The highest BCUT2D eigenvalue weighted by molar-refractivity contribution is 6.29. The van der Waals surface area contributed by atoms with Gasteiger partial charge in [0.25, 0.3) is 0 Å². The molecule has 0 bridgehead atoms. The minimum atomic E-state index is -0.154. The van der Waals surface area contributed by atoms with E-state index in [2.05, 4.69) is 30.1 Å².